The Morgan fingerprint density at radius 1 is 1.00 bits per heavy atom. The summed E-state index contributed by atoms with van der Waals surface area (Å²) in [5.41, 5.74) is 0.0528. The SMILES string of the molecule is CCO[P+](OCC)(OCC)C12Oc3ccccc3C(=O)N(C)C1=C([O-])N(C)C2=O. The largest absolute Gasteiger partial charge is 0.859 e. The van der Waals surface area contributed by atoms with Gasteiger partial charge in [-0.05, 0) is 38.8 Å². The third-order valence-corrected chi connectivity index (χ3v) is 7.78. The molecule has 10 heteroatoms. The van der Waals surface area contributed by atoms with Crippen molar-refractivity contribution in [2.75, 3.05) is 33.9 Å². The first-order valence-electron chi connectivity index (χ1n) is 9.40. The smallest absolute Gasteiger partial charge is 0.476 e. The van der Waals surface area contributed by atoms with Crippen molar-refractivity contribution in [3.63, 3.8) is 0 Å². The molecular formula is C19H25N2O7P. The number of carbonyl (C=O) groups excluding carboxylic acids is 2. The van der Waals surface area contributed by atoms with Crippen LogP contribution >= 0.6 is 7.94 Å². The number of para-hydroxylation sites is 1. The summed E-state index contributed by atoms with van der Waals surface area (Å²) in [6.07, 6.45) is 0. The maximum atomic E-state index is 13.6. The van der Waals surface area contributed by atoms with Crippen LogP contribution in [0.2, 0.25) is 0 Å². The normalized spacial score (nSPS) is 21.8. The molecule has 2 aliphatic rings. The van der Waals surface area contributed by atoms with Crippen molar-refractivity contribution < 1.29 is 33.0 Å². The van der Waals surface area contributed by atoms with Crippen molar-refractivity contribution in [3.8, 4) is 5.75 Å². The van der Waals surface area contributed by atoms with Crippen LogP contribution < -0.4 is 9.84 Å². The summed E-state index contributed by atoms with van der Waals surface area (Å²) in [5, 5.41) is 11.1. The Hall–Kier alpha value is -2.19. The predicted molar refractivity (Wildman–Crippen MR) is 103 cm³/mol. The highest BCUT2D eigenvalue weighted by molar-refractivity contribution is 7.64. The van der Waals surface area contributed by atoms with E-state index in [1.54, 1.807) is 45.0 Å². The van der Waals surface area contributed by atoms with Crippen molar-refractivity contribution in [3.05, 3.63) is 41.4 Å². The predicted octanol–water partition coefficient (Wildman–Crippen LogP) is 1.72. The van der Waals surface area contributed by atoms with E-state index in [-0.39, 0.29) is 36.8 Å². The van der Waals surface area contributed by atoms with Crippen molar-refractivity contribution in [1.82, 2.24) is 9.80 Å². The first-order valence-corrected chi connectivity index (χ1v) is 10.9. The van der Waals surface area contributed by atoms with Gasteiger partial charge in [0.25, 0.3) is 5.91 Å². The van der Waals surface area contributed by atoms with Gasteiger partial charge >= 0.3 is 19.2 Å². The standard InChI is InChI=1S/C19H25N2O7P/c1-6-25-29(26-7-2,27-8-3)19-15(17(23)21(5)18(19)24)20(4)16(22)13-11-9-10-12-14(13)28-19/h9-12H,6-8H2,1-5H3. The number of benzene rings is 1. The lowest BCUT2D eigenvalue weighted by atomic mass is 10.2. The molecule has 0 bridgehead atoms. The molecule has 1 aromatic rings. The minimum atomic E-state index is -3.64. The molecule has 0 N–H and O–H groups in total. The van der Waals surface area contributed by atoms with Gasteiger partial charge in [-0.2, -0.15) is 13.6 Å². The fourth-order valence-corrected chi connectivity index (χ4v) is 6.45. The van der Waals surface area contributed by atoms with E-state index in [0.717, 1.165) is 9.80 Å². The summed E-state index contributed by atoms with van der Waals surface area (Å²) in [6, 6.07) is 6.50. The molecule has 9 nitrogen and oxygen atoms in total. The molecule has 2 amide bonds. The van der Waals surface area contributed by atoms with E-state index in [2.05, 4.69) is 0 Å². The molecule has 2 heterocycles. The first kappa shape index (κ1) is 21.5. The van der Waals surface area contributed by atoms with E-state index in [1.807, 2.05) is 0 Å². The van der Waals surface area contributed by atoms with Crippen molar-refractivity contribution in [1.29, 1.82) is 0 Å². The average Bonchev–Trinajstić information content (AvgIpc) is 2.83. The average molecular weight is 424 g/mol. The van der Waals surface area contributed by atoms with Crippen molar-refractivity contribution in [2.24, 2.45) is 0 Å². The number of nitrogens with zero attached hydrogens (tertiary/aromatic N) is 2. The van der Waals surface area contributed by atoms with Gasteiger partial charge in [0.15, 0.2) is 0 Å². The van der Waals surface area contributed by atoms with Crippen LogP contribution in [0.25, 0.3) is 0 Å². The quantitative estimate of drug-likeness (QED) is 0.615. The monoisotopic (exact) mass is 424 g/mol. The molecule has 0 fully saturated rings. The molecule has 2 aliphatic heterocycles. The van der Waals surface area contributed by atoms with Gasteiger partial charge in [-0.25, -0.2) is 0 Å². The molecule has 29 heavy (non-hydrogen) atoms. The van der Waals surface area contributed by atoms with E-state index in [1.165, 1.54) is 14.1 Å². The fraction of sp³-hybridized carbons (Fsp3) is 0.474. The zero-order chi connectivity index (χ0) is 21.4. The summed E-state index contributed by atoms with van der Waals surface area (Å²) >= 11 is 0. The van der Waals surface area contributed by atoms with E-state index >= 15 is 0 Å². The summed E-state index contributed by atoms with van der Waals surface area (Å²) in [6.45, 7) is 5.64. The third kappa shape index (κ3) is 2.92. The van der Waals surface area contributed by atoms with E-state index in [9.17, 15) is 14.7 Å². The molecule has 0 aromatic heterocycles. The van der Waals surface area contributed by atoms with Crippen LogP contribution in [0.15, 0.2) is 35.8 Å². The second kappa shape index (κ2) is 7.91. The highest BCUT2D eigenvalue weighted by Crippen LogP contribution is 2.76. The summed E-state index contributed by atoms with van der Waals surface area (Å²) in [5.74, 6) is -1.68. The number of hydrogen-bond acceptors (Lipinski definition) is 7. The van der Waals surface area contributed by atoms with Gasteiger partial charge in [0.2, 0.25) is 0 Å². The number of fused-ring (bicyclic) bond motifs is 2. The van der Waals surface area contributed by atoms with Crippen LogP contribution in [0.1, 0.15) is 31.1 Å². The molecule has 0 saturated heterocycles. The number of carbonyl (C=O) groups is 2. The Morgan fingerprint density at radius 3 is 2.10 bits per heavy atom. The van der Waals surface area contributed by atoms with Crippen LogP contribution in [0.4, 0.5) is 0 Å². The summed E-state index contributed by atoms with van der Waals surface area (Å²) < 4.78 is 24.1. The van der Waals surface area contributed by atoms with Gasteiger partial charge in [-0.1, -0.05) is 12.1 Å². The highest BCUT2D eigenvalue weighted by Gasteiger charge is 2.80. The Bertz CT molecular complexity index is 842. The van der Waals surface area contributed by atoms with Crippen LogP contribution in [0, 0.1) is 0 Å². The Balaban J connectivity index is 2.39. The highest BCUT2D eigenvalue weighted by atomic mass is 31.2. The minimum Gasteiger partial charge on any atom is -0.859 e. The van der Waals surface area contributed by atoms with E-state index in [0.29, 0.717) is 0 Å². The molecule has 158 valence electrons. The number of rotatable bonds is 7. The van der Waals surface area contributed by atoms with Crippen LogP contribution in [0.3, 0.4) is 0 Å². The van der Waals surface area contributed by atoms with Crippen molar-refractivity contribution in [2.45, 2.75) is 26.1 Å². The van der Waals surface area contributed by atoms with Gasteiger partial charge in [-0.15, -0.1) is 0 Å². The minimum absolute atomic E-state index is 0.149. The second-order valence-electron chi connectivity index (χ2n) is 6.38. The molecular weight excluding hydrogens is 399 g/mol. The lowest BCUT2D eigenvalue weighted by Crippen LogP contribution is -2.52. The first-order chi connectivity index (χ1) is 13.8. The molecule has 0 saturated carbocycles. The van der Waals surface area contributed by atoms with Gasteiger partial charge in [0.1, 0.15) is 11.4 Å². The number of hydrogen-bond donors (Lipinski definition) is 0. The molecule has 0 spiro atoms. The maximum Gasteiger partial charge on any atom is 0.476 e. The summed E-state index contributed by atoms with van der Waals surface area (Å²) in [4.78, 5) is 28.7. The van der Waals surface area contributed by atoms with Gasteiger partial charge in [0.05, 0.1) is 25.4 Å². The molecule has 0 aliphatic carbocycles. The Kier molecular flexibility index (Phi) is 5.87. The Morgan fingerprint density at radius 2 is 1.55 bits per heavy atom. The number of likely N-dealkylation sites (N-methyl/N-ethyl adjacent to an activating group) is 2. The van der Waals surface area contributed by atoms with Crippen molar-refractivity contribution >= 4 is 19.8 Å². The molecule has 1 atom stereocenters. The lowest BCUT2D eigenvalue weighted by Gasteiger charge is -2.36. The van der Waals surface area contributed by atoms with Gasteiger partial charge in [-0.3, -0.25) is 9.59 Å². The second-order valence-corrected chi connectivity index (χ2v) is 8.77. The van der Waals surface area contributed by atoms with E-state index < -0.39 is 31.0 Å². The zero-order valence-corrected chi connectivity index (χ0v) is 18.0. The van der Waals surface area contributed by atoms with E-state index in [4.69, 9.17) is 18.3 Å². The molecule has 0 radical (unpaired) electrons. The maximum absolute atomic E-state index is 13.6. The molecule has 3 rings (SSSR count). The van der Waals surface area contributed by atoms with Crippen LogP contribution in [-0.2, 0) is 18.4 Å². The molecule has 1 unspecified atom stereocenters. The fourth-order valence-electron chi connectivity index (χ4n) is 3.56. The van der Waals surface area contributed by atoms with Crippen LogP contribution in [-0.4, -0.2) is 60.9 Å². The lowest BCUT2D eigenvalue weighted by molar-refractivity contribution is -0.327. The zero-order valence-electron chi connectivity index (χ0n) is 17.1. The third-order valence-electron chi connectivity index (χ3n) is 4.72. The number of ether oxygens (including phenoxy) is 1. The van der Waals surface area contributed by atoms with Crippen LogP contribution in [0.5, 0.6) is 5.75 Å². The molecule has 1 aromatic carbocycles. The summed E-state index contributed by atoms with van der Waals surface area (Å²) in [7, 11) is -0.875. The number of amides is 2. The topological polar surface area (TPSA) is 101 Å². The Labute approximate surface area is 170 Å². The van der Waals surface area contributed by atoms with Gasteiger partial charge in [0, 0.05) is 14.1 Å². The van der Waals surface area contributed by atoms with Gasteiger partial charge < -0.3 is 19.6 Å².